The van der Waals surface area contributed by atoms with Crippen molar-refractivity contribution in [3.05, 3.63) is 105 Å². The molecule has 9 heteroatoms. The highest BCUT2D eigenvalue weighted by atomic mass is 35.5. The van der Waals surface area contributed by atoms with Crippen LogP contribution in [0.2, 0.25) is 15.1 Å². The van der Waals surface area contributed by atoms with E-state index in [1.165, 1.54) is 12.5 Å². The third-order valence-corrected chi connectivity index (χ3v) is 5.37. The van der Waals surface area contributed by atoms with E-state index in [9.17, 15) is 4.79 Å². The highest BCUT2D eigenvalue weighted by Crippen LogP contribution is 2.29. The summed E-state index contributed by atoms with van der Waals surface area (Å²) in [6.45, 7) is 0. The van der Waals surface area contributed by atoms with Crippen LogP contribution in [0.3, 0.4) is 0 Å². The molecule has 1 N–H and O–H groups in total. The molecule has 0 bridgehead atoms. The van der Waals surface area contributed by atoms with Gasteiger partial charge in [0.05, 0.1) is 32.5 Å². The number of nitrogens with one attached hydrogen (secondary N) is 1. The van der Waals surface area contributed by atoms with E-state index in [4.69, 9.17) is 34.8 Å². The van der Waals surface area contributed by atoms with Crippen LogP contribution in [0, 0.1) is 0 Å². The number of carbonyl (C=O) groups is 1. The first-order valence-corrected chi connectivity index (χ1v) is 9.97. The second kappa shape index (κ2) is 8.83. The van der Waals surface area contributed by atoms with Crippen molar-refractivity contribution in [3.63, 3.8) is 0 Å². The molecule has 4 aromatic rings. The molecule has 2 aromatic carbocycles. The normalized spacial score (nSPS) is 11.8. The fraction of sp³-hybridized carbons (Fsp3) is 0.0476. The minimum Gasteiger partial charge on any atom is -0.340 e. The number of hydrogen-bond donors (Lipinski definition) is 1. The molecular weight excluding hydrogens is 445 g/mol. The van der Waals surface area contributed by atoms with E-state index in [-0.39, 0.29) is 5.91 Å². The highest BCUT2D eigenvalue weighted by Gasteiger charge is 2.20. The maximum Gasteiger partial charge on any atom is 0.252 e. The van der Waals surface area contributed by atoms with Gasteiger partial charge in [-0.1, -0.05) is 40.9 Å². The molecule has 0 radical (unpaired) electrons. The van der Waals surface area contributed by atoms with E-state index in [1.807, 2.05) is 0 Å². The Morgan fingerprint density at radius 1 is 0.967 bits per heavy atom. The first kappa shape index (κ1) is 20.3. The predicted molar refractivity (Wildman–Crippen MR) is 116 cm³/mol. The van der Waals surface area contributed by atoms with Crippen molar-refractivity contribution in [2.24, 2.45) is 0 Å². The molecule has 0 saturated heterocycles. The van der Waals surface area contributed by atoms with Crippen LogP contribution in [0.5, 0.6) is 0 Å². The molecule has 0 fully saturated rings. The molecule has 6 nitrogen and oxygen atoms in total. The lowest BCUT2D eigenvalue weighted by molar-refractivity contribution is 0.0942. The van der Waals surface area contributed by atoms with Gasteiger partial charge in [-0.2, -0.15) is 5.10 Å². The summed E-state index contributed by atoms with van der Waals surface area (Å²) in [6, 6.07) is 15.1. The van der Waals surface area contributed by atoms with Crippen molar-refractivity contribution >= 4 is 40.7 Å². The summed E-state index contributed by atoms with van der Waals surface area (Å²) in [5.41, 5.74) is 2.64. The van der Waals surface area contributed by atoms with Crippen LogP contribution in [-0.2, 0) is 0 Å². The summed E-state index contributed by atoms with van der Waals surface area (Å²) in [5, 5.41) is 8.40. The molecule has 0 unspecified atom stereocenters. The van der Waals surface area contributed by atoms with E-state index in [2.05, 4.69) is 20.4 Å². The Morgan fingerprint density at radius 3 is 2.40 bits per heavy atom. The van der Waals surface area contributed by atoms with E-state index < -0.39 is 6.04 Å². The molecule has 0 aliphatic carbocycles. The lowest BCUT2D eigenvalue weighted by Crippen LogP contribution is -2.30. The highest BCUT2D eigenvalue weighted by molar-refractivity contribution is 6.42. The number of carbonyl (C=O) groups excluding carboxylic acids is 1. The molecule has 0 aliphatic rings. The van der Waals surface area contributed by atoms with Crippen molar-refractivity contribution in [3.8, 4) is 5.69 Å². The first-order valence-electron chi connectivity index (χ1n) is 8.83. The van der Waals surface area contributed by atoms with Crippen molar-refractivity contribution in [2.45, 2.75) is 6.04 Å². The van der Waals surface area contributed by atoms with Gasteiger partial charge in [-0.15, -0.1) is 0 Å². The number of nitrogens with zero attached hydrogens (tertiary/aromatic N) is 4. The number of amides is 1. The Balaban J connectivity index is 1.63. The quantitative estimate of drug-likeness (QED) is 0.449. The number of rotatable bonds is 5. The average Bonchev–Trinajstić information content (AvgIpc) is 3.30. The maximum absolute atomic E-state index is 13.0. The molecule has 1 atom stereocenters. The molecular formula is C21H14Cl3N5O. The summed E-state index contributed by atoms with van der Waals surface area (Å²) < 4.78 is 1.61. The van der Waals surface area contributed by atoms with Crippen LogP contribution < -0.4 is 5.32 Å². The second-order valence-electron chi connectivity index (χ2n) is 6.37. The van der Waals surface area contributed by atoms with Crippen LogP contribution in [0.15, 0.2) is 73.4 Å². The minimum absolute atomic E-state index is 0.270. The molecule has 30 heavy (non-hydrogen) atoms. The van der Waals surface area contributed by atoms with Gasteiger partial charge in [0, 0.05) is 11.8 Å². The first-order chi connectivity index (χ1) is 14.5. The minimum atomic E-state index is -0.542. The van der Waals surface area contributed by atoms with Crippen LogP contribution >= 0.6 is 34.8 Å². The molecule has 4 rings (SSSR count). The van der Waals surface area contributed by atoms with Gasteiger partial charge >= 0.3 is 0 Å². The van der Waals surface area contributed by atoms with Crippen molar-refractivity contribution < 1.29 is 4.79 Å². The summed E-state index contributed by atoms with van der Waals surface area (Å²) in [4.78, 5) is 21.2. The van der Waals surface area contributed by atoms with Crippen LogP contribution in [0.1, 0.15) is 27.7 Å². The molecule has 0 saturated carbocycles. The van der Waals surface area contributed by atoms with Gasteiger partial charge in [-0.05, 0) is 54.1 Å². The fourth-order valence-corrected chi connectivity index (χ4v) is 3.32. The number of aromatic nitrogens is 4. The summed E-state index contributed by atoms with van der Waals surface area (Å²) >= 11 is 18.2. The number of hydrogen-bond acceptors (Lipinski definition) is 4. The van der Waals surface area contributed by atoms with E-state index >= 15 is 0 Å². The van der Waals surface area contributed by atoms with Crippen molar-refractivity contribution in [2.75, 3.05) is 0 Å². The zero-order chi connectivity index (χ0) is 21.1. The third kappa shape index (κ3) is 4.46. The van der Waals surface area contributed by atoms with Gasteiger partial charge < -0.3 is 5.32 Å². The monoisotopic (exact) mass is 457 g/mol. The number of halogens is 3. The Labute approximate surface area is 187 Å². The Bertz CT molecular complexity index is 1160. The SMILES string of the molecule is O=C(N[C@@H](c1ccc(Cl)c(Cl)c1)c1ccc(Cl)cn1)c1ccc(-n2cncn2)cc1. The number of benzene rings is 2. The third-order valence-electron chi connectivity index (χ3n) is 4.41. The van der Waals surface area contributed by atoms with Crippen LogP contribution in [-0.4, -0.2) is 25.7 Å². The second-order valence-corrected chi connectivity index (χ2v) is 7.62. The molecule has 2 heterocycles. The van der Waals surface area contributed by atoms with Gasteiger partial charge in [-0.25, -0.2) is 9.67 Å². The summed E-state index contributed by atoms with van der Waals surface area (Å²) in [7, 11) is 0. The van der Waals surface area contributed by atoms with E-state index in [0.717, 1.165) is 11.3 Å². The van der Waals surface area contributed by atoms with Gasteiger partial charge in [0.25, 0.3) is 5.91 Å². The largest absolute Gasteiger partial charge is 0.340 e. The Hall–Kier alpha value is -2.93. The van der Waals surface area contributed by atoms with E-state index in [1.54, 1.807) is 65.6 Å². The maximum atomic E-state index is 13.0. The smallest absolute Gasteiger partial charge is 0.252 e. The predicted octanol–water partition coefficient (Wildman–Crippen LogP) is 5.14. The molecule has 0 spiro atoms. The number of pyridine rings is 1. The molecule has 2 aromatic heterocycles. The zero-order valence-corrected chi connectivity index (χ0v) is 17.6. The van der Waals surface area contributed by atoms with Crippen LogP contribution in [0.4, 0.5) is 0 Å². The van der Waals surface area contributed by atoms with Crippen molar-refractivity contribution in [1.29, 1.82) is 0 Å². The Morgan fingerprint density at radius 2 is 1.77 bits per heavy atom. The van der Waals surface area contributed by atoms with Gasteiger partial charge in [0.15, 0.2) is 0 Å². The lowest BCUT2D eigenvalue weighted by Gasteiger charge is -2.20. The standard InChI is InChI=1S/C21H14Cl3N5O/c22-15-4-8-19(26-10-15)20(14-3-7-17(23)18(24)9-14)28-21(30)13-1-5-16(6-2-13)29-12-25-11-27-29/h1-12,20H,(H,28,30)/t20-/m0/s1. The van der Waals surface area contributed by atoms with Crippen LogP contribution in [0.25, 0.3) is 5.69 Å². The fourth-order valence-electron chi connectivity index (χ4n) is 2.90. The zero-order valence-electron chi connectivity index (χ0n) is 15.3. The van der Waals surface area contributed by atoms with Crippen molar-refractivity contribution in [1.82, 2.24) is 25.1 Å². The van der Waals surface area contributed by atoms with Gasteiger partial charge in [-0.3, -0.25) is 9.78 Å². The summed E-state index contributed by atoms with van der Waals surface area (Å²) in [5.74, 6) is -0.270. The molecule has 150 valence electrons. The average molecular weight is 459 g/mol. The summed E-state index contributed by atoms with van der Waals surface area (Å²) in [6.07, 6.45) is 4.56. The molecule has 1 amide bonds. The van der Waals surface area contributed by atoms with Gasteiger partial charge in [0.2, 0.25) is 0 Å². The lowest BCUT2D eigenvalue weighted by atomic mass is 10.0. The molecule has 0 aliphatic heterocycles. The van der Waals surface area contributed by atoms with Gasteiger partial charge in [0.1, 0.15) is 12.7 Å². The Kier molecular flexibility index (Phi) is 5.99. The van der Waals surface area contributed by atoms with E-state index in [0.29, 0.717) is 26.3 Å². The topological polar surface area (TPSA) is 72.7 Å².